The lowest BCUT2D eigenvalue weighted by Crippen LogP contribution is -2.40. The van der Waals surface area contributed by atoms with Gasteiger partial charge in [-0.3, -0.25) is 14.4 Å². The van der Waals surface area contributed by atoms with Crippen LogP contribution >= 0.6 is 0 Å². The molecule has 1 aliphatic carbocycles. The van der Waals surface area contributed by atoms with Crippen LogP contribution < -0.4 is 15.0 Å². The average molecular weight is 318 g/mol. The summed E-state index contributed by atoms with van der Waals surface area (Å²) >= 11 is 0. The maximum atomic E-state index is 12.0. The molecule has 2 aliphatic rings. The van der Waals surface area contributed by atoms with Crippen molar-refractivity contribution >= 4 is 23.5 Å². The molecule has 7 nitrogen and oxygen atoms in total. The molecule has 1 aromatic rings. The molecule has 1 aliphatic heterocycles. The molecule has 2 atom stereocenters. The van der Waals surface area contributed by atoms with E-state index in [0.717, 1.165) is 5.69 Å². The molecule has 2 amide bonds. The Hall–Kier alpha value is -2.57. The van der Waals surface area contributed by atoms with Crippen molar-refractivity contribution in [2.24, 2.45) is 11.8 Å². The van der Waals surface area contributed by atoms with Crippen molar-refractivity contribution in [1.29, 1.82) is 0 Å². The van der Waals surface area contributed by atoms with E-state index in [1.165, 1.54) is 0 Å². The van der Waals surface area contributed by atoms with Gasteiger partial charge >= 0.3 is 5.97 Å². The molecule has 0 aromatic heterocycles. The molecule has 0 spiro atoms. The number of para-hydroxylation sites is 2. The summed E-state index contributed by atoms with van der Waals surface area (Å²) in [7, 11) is 0. The zero-order valence-electron chi connectivity index (χ0n) is 12.5. The van der Waals surface area contributed by atoms with Gasteiger partial charge in [-0.05, 0) is 25.0 Å². The Morgan fingerprint density at radius 1 is 1.30 bits per heavy atom. The lowest BCUT2D eigenvalue weighted by atomic mass is 10.2. The number of carboxylic acid groups (broad SMARTS) is 1. The number of hydrogen-bond acceptors (Lipinski definition) is 4. The van der Waals surface area contributed by atoms with Crippen LogP contribution in [0.2, 0.25) is 0 Å². The Morgan fingerprint density at radius 3 is 2.83 bits per heavy atom. The number of carbonyl (C=O) groups is 3. The van der Waals surface area contributed by atoms with Gasteiger partial charge in [-0.15, -0.1) is 0 Å². The highest BCUT2D eigenvalue weighted by Gasteiger charge is 2.48. The third-order valence-electron chi connectivity index (χ3n) is 4.11. The molecule has 0 bridgehead atoms. The zero-order chi connectivity index (χ0) is 16.4. The summed E-state index contributed by atoms with van der Waals surface area (Å²) in [6, 6.07) is 7.33. The van der Waals surface area contributed by atoms with Crippen molar-refractivity contribution in [1.82, 2.24) is 5.32 Å². The molecule has 0 radical (unpaired) electrons. The minimum Gasteiger partial charge on any atom is -0.482 e. The highest BCUT2D eigenvalue weighted by atomic mass is 16.5. The van der Waals surface area contributed by atoms with Gasteiger partial charge in [0.05, 0.1) is 17.5 Å². The molecule has 1 heterocycles. The van der Waals surface area contributed by atoms with Crippen LogP contribution in [-0.2, 0) is 14.4 Å². The topological polar surface area (TPSA) is 95.9 Å². The number of anilines is 1. The standard InChI is InChI=1S/C16H18N2O5/c19-14-9-23-13-5-2-1-4-12(13)18(14)7-3-6-17-15(20)10-8-11(10)16(21)22/h1-2,4-5,10-11H,3,6-9H2,(H,17,20)(H,21,22)/t10-,11+/m1/s1. The maximum absolute atomic E-state index is 12.0. The van der Waals surface area contributed by atoms with Crippen LogP contribution in [0.5, 0.6) is 5.75 Å². The quantitative estimate of drug-likeness (QED) is 0.750. The van der Waals surface area contributed by atoms with Crippen molar-refractivity contribution in [2.75, 3.05) is 24.6 Å². The molecule has 7 heteroatoms. The average Bonchev–Trinajstić information content (AvgIpc) is 3.34. The first kappa shape index (κ1) is 15.3. The summed E-state index contributed by atoms with van der Waals surface area (Å²) in [4.78, 5) is 36.1. The molecule has 1 saturated carbocycles. The Kier molecular flexibility index (Phi) is 4.18. The van der Waals surface area contributed by atoms with Crippen molar-refractivity contribution in [2.45, 2.75) is 12.8 Å². The lowest BCUT2D eigenvalue weighted by Gasteiger charge is -2.29. The second-order valence-electron chi connectivity index (χ2n) is 5.73. The van der Waals surface area contributed by atoms with Gasteiger partial charge in [0.1, 0.15) is 5.75 Å². The van der Waals surface area contributed by atoms with Crippen LogP contribution in [0.15, 0.2) is 24.3 Å². The van der Waals surface area contributed by atoms with Crippen LogP contribution in [0, 0.1) is 11.8 Å². The zero-order valence-corrected chi connectivity index (χ0v) is 12.5. The third-order valence-corrected chi connectivity index (χ3v) is 4.11. The largest absolute Gasteiger partial charge is 0.482 e. The fourth-order valence-corrected chi connectivity index (χ4v) is 2.74. The van der Waals surface area contributed by atoms with E-state index < -0.39 is 17.8 Å². The molecule has 0 saturated heterocycles. The second-order valence-corrected chi connectivity index (χ2v) is 5.73. The number of rotatable bonds is 6. The third kappa shape index (κ3) is 3.28. The number of amides is 2. The first-order valence-electron chi connectivity index (χ1n) is 7.60. The summed E-state index contributed by atoms with van der Waals surface area (Å²) in [5, 5.41) is 11.5. The van der Waals surface area contributed by atoms with Crippen molar-refractivity contribution < 1.29 is 24.2 Å². The maximum Gasteiger partial charge on any atom is 0.307 e. The van der Waals surface area contributed by atoms with Crippen LogP contribution in [0.1, 0.15) is 12.8 Å². The number of aliphatic carboxylic acids is 1. The summed E-state index contributed by atoms with van der Waals surface area (Å²) in [5.74, 6) is -1.51. The number of carbonyl (C=O) groups excluding carboxylic acids is 2. The van der Waals surface area contributed by atoms with E-state index >= 15 is 0 Å². The molecule has 1 aromatic carbocycles. The Morgan fingerprint density at radius 2 is 2.09 bits per heavy atom. The van der Waals surface area contributed by atoms with Crippen LogP contribution in [-0.4, -0.2) is 42.6 Å². The predicted molar refractivity (Wildman–Crippen MR) is 81.1 cm³/mol. The Labute approximate surface area is 133 Å². The number of hydrogen-bond donors (Lipinski definition) is 2. The van der Waals surface area contributed by atoms with Crippen molar-refractivity contribution in [3.05, 3.63) is 24.3 Å². The Balaban J connectivity index is 1.47. The molecular formula is C16H18N2O5. The van der Waals surface area contributed by atoms with Gasteiger partial charge in [-0.1, -0.05) is 12.1 Å². The minimum absolute atomic E-state index is 0.0196. The first-order valence-corrected chi connectivity index (χ1v) is 7.60. The van der Waals surface area contributed by atoms with Gasteiger partial charge in [0, 0.05) is 13.1 Å². The van der Waals surface area contributed by atoms with Gasteiger partial charge in [-0.25, -0.2) is 0 Å². The monoisotopic (exact) mass is 318 g/mol. The van der Waals surface area contributed by atoms with Crippen molar-refractivity contribution in [3.63, 3.8) is 0 Å². The van der Waals surface area contributed by atoms with Gasteiger partial charge < -0.3 is 20.1 Å². The predicted octanol–water partition coefficient (Wildman–Crippen LogP) is 0.639. The van der Waals surface area contributed by atoms with Crippen LogP contribution in [0.4, 0.5) is 5.69 Å². The fourth-order valence-electron chi connectivity index (χ4n) is 2.74. The Bertz CT molecular complexity index is 645. The van der Waals surface area contributed by atoms with Gasteiger partial charge in [0.2, 0.25) is 5.91 Å². The summed E-state index contributed by atoms with van der Waals surface area (Å²) < 4.78 is 5.37. The van der Waals surface area contributed by atoms with Gasteiger partial charge in [0.25, 0.3) is 5.91 Å². The summed E-state index contributed by atoms with van der Waals surface area (Å²) in [6.07, 6.45) is 1.01. The molecule has 23 heavy (non-hydrogen) atoms. The van der Waals surface area contributed by atoms with E-state index in [2.05, 4.69) is 5.32 Å². The second kappa shape index (κ2) is 6.28. The highest BCUT2D eigenvalue weighted by molar-refractivity contribution is 5.97. The number of nitrogens with one attached hydrogen (secondary N) is 1. The normalized spacial score (nSPS) is 22.1. The fraction of sp³-hybridized carbons (Fsp3) is 0.438. The van der Waals surface area contributed by atoms with E-state index in [9.17, 15) is 14.4 Å². The highest BCUT2D eigenvalue weighted by Crippen LogP contribution is 2.38. The minimum atomic E-state index is -0.916. The molecule has 1 fully saturated rings. The van der Waals surface area contributed by atoms with E-state index in [4.69, 9.17) is 9.84 Å². The van der Waals surface area contributed by atoms with E-state index in [1.807, 2.05) is 24.3 Å². The molecule has 0 unspecified atom stereocenters. The molecule has 2 N–H and O–H groups in total. The SMILES string of the molecule is O=C(O)[C@H]1C[C@H]1C(=O)NCCCN1C(=O)COc2ccccc21. The number of fused-ring (bicyclic) bond motifs is 1. The van der Waals surface area contributed by atoms with E-state index in [1.54, 1.807) is 4.90 Å². The first-order chi connectivity index (χ1) is 11.1. The molecule has 3 rings (SSSR count). The molecule has 122 valence electrons. The van der Waals surface area contributed by atoms with Gasteiger partial charge in [0.15, 0.2) is 6.61 Å². The number of nitrogens with zero attached hydrogens (tertiary/aromatic N) is 1. The lowest BCUT2D eigenvalue weighted by molar-refractivity contribution is -0.140. The van der Waals surface area contributed by atoms with Crippen LogP contribution in [0.3, 0.4) is 0 Å². The van der Waals surface area contributed by atoms with E-state index in [0.29, 0.717) is 31.7 Å². The van der Waals surface area contributed by atoms with E-state index in [-0.39, 0.29) is 18.4 Å². The smallest absolute Gasteiger partial charge is 0.307 e. The van der Waals surface area contributed by atoms with Crippen LogP contribution in [0.25, 0.3) is 0 Å². The molecular weight excluding hydrogens is 300 g/mol. The number of ether oxygens (including phenoxy) is 1. The van der Waals surface area contributed by atoms with Gasteiger partial charge in [-0.2, -0.15) is 0 Å². The number of benzene rings is 1. The number of carboxylic acids is 1. The summed E-state index contributed by atoms with van der Waals surface area (Å²) in [5.41, 5.74) is 0.739. The summed E-state index contributed by atoms with van der Waals surface area (Å²) in [6.45, 7) is 0.909. The van der Waals surface area contributed by atoms with Crippen molar-refractivity contribution in [3.8, 4) is 5.75 Å².